The maximum Gasteiger partial charge on any atom is 0.306 e. The van der Waals surface area contributed by atoms with Crippen LogP contribution in [0, 0.1) is 0 Å². The number of rotatable bonds is 6. The lowest BCUT2D eigenvalue weighted by Crippen LogP contribution is -2.12. The monoisotopic (exact) mass is 333 g/mol. The van der Waals surface area contributed by atoms with Crippen LogP contribution in [0.15, 0.2) is 59.5 Å². The summed E-state index contributed by atoms with van der Waals surface area (Å²) < 4.78 is 27.7. The van der Waals surface area contributed by atoms with Crippen LogP contribution in [0.25, 0.3) is 0 Å². The zero-order valence-corrected chi connectivity index (χ0v) is 13.6. The average Bonchev–Trinajstić information content (AvgIpc) is 2.53. The molecule has 2 aromatic rings. The summed E-state index contributed by atoms with van der Waals surface area (Å²) in [5.41, 5.74) is 1.79. The van der Waals surface area contributed by atoms with Gasteiger partial charge in [-0.15, -0.1) is 0 Å². The standard InChI is InChI=1S/C17H19NO4S/c1-13(15-5-3-2-4-6-15)22-17(19)12-9-14-7-10-16(11-8-14)23(18,20)21/h2-8,10-11,13H,9,12H2,1H3,(H2,18,20,21). The zero-order valence-electron chi connectivity index (χ0n) is 12.8. The number of carbonyl (C=O) groups excluding carboxylic acids is 1. The molecule has 0 fully saturated rings. The summed E-state index contributed by atoms with van der Waals surface area (Å²) in [4.78, 5) is 11.9. The van der Waals surface area contributed by atoms with Crippen LogP contribution in [0.5, 0.6) is 0 Å². The summed E-state index contributed by atoms with van der Waals surface area (Å²) in [5.74, 6) is -0.295. The number of hydrogen-bond acceptors (Lipinski definition) is 4. The summed E-state index contributed by atoms with van der Waals surface area (Å²) in [5, 5.41) is 5.04. The van der Waals surface area contributed by atoms with Gasteiger partial charge in [-0.3, -0.25) is 4.79 Å². The number of hydrogen-bond donors (Lipinski definition) is 1. The first-order valence-electron chi connectivity index (χ1n) is 7.22. The highest BCUT2D eigenvalue weighted by Crippen LogP contribution is 2.17. The van der Waals surface area contributed by atoms with Gasteiger partial charge < -0.3 is 4.74 Å². The van der Waals surface area contributed by atoms with Crippen molar-refractivity contribution in [2.75, 3.05) is 0 Å². The Hall–Kier alpha value is -2.18. The van der Waals surface area contributed by atoms with Gasteiger partial charge in [-0.2, -0.15) is 0 Å². The quantitative estimate of drug-likeness (QED) is 0.823. The normalized spacial score (nSPS) is 12.6. The summed E-state index contributed by atoms with van der Waals surface area (Å²) in [6.07, 6.45) is 0.408. The molecule has 1 atom stereocenters. The lowest BCUT2D eigenvalue weighted by molar-refractivity contribution is -0.148. The highest BCUT2D eigenvalue weighted by molar-refractivity contribution is 7.89. The van der Waals surface area contributed by atoms with Crippen molar-refractivity contribution >= 4 is 16.0 Å². The number of esters is 1. The molecule has 0 aliphatic carbocycles. The second kappa shape index (κ2) is 7.39. The molecule has 0 aliphatic heterocycles. The Bertz CT molecular complexity index is 755. The summed E-state index contributed by atoms with van der Waals surface area (Å²) in [6.45, 7) is 1.83. The van der Waals surface area contributed by atoms with Gasteiger partial charge in [0.25, 0.3) is 0 Å². The molecular formula is C17H19NO4S. The fourth-order valence-electron chi connectivity index (χ4n) is 2.14. The molecule has 0 aliphatic rings. The molecular weight excluding hydrogens is 314 g/mol. The van der Waals surface area contributed by atoms with E-state index in [0.29, 0.717) is 6.42 Å². The number of primary sulfonamides is 1. The molecule has 1 unspecified atom stereocenters. The fourth-order valence-corrected chi connectivity index (χ4v) is 2.66. The van der Waals surface area contributed by atoms with Crippen LogP contribution in [0.2, 0.25) is 0 Å². The molecule has 0 heterocycles. The van der Waals surface area contributed by atoms with E-state index in [2.05, 4.69) is 0 Å². The topological polar surface area (TPSA) is 86.5 Å². The van der Waals surface area contributed by atoms with Crippen molar-refractivity contribution in [2.24, 2.45) is 5.14 Å². The van der Waals surface area contributed by atoms with Crippen LogP contribution in [0.1, 0.15) is 30.6 Å². The largest absolute Gasteiger partial charge is 0.458 e. The van der Waals surface area contributed by atoms with Gasteiger partial charge >= 0.3 is 5.97 Å². The summed E-state index contributed by atoms with van der Waals surface area (Å²) in [6, 6.07) is 15.7. The Morgan fingerprint density at radius 3 is 2.26 bits per heavy atom. The van der Waals surface area contributed by atoms with E-state index < -0.39 is 10.0 Å². The minimum absolute atomic E-state index is 0.0570. The molecule has 23 heavy (non-hydrogen) atoms. The first-order chi connectivity index (χ1) is 10.9. The van der Waals surface area contributed by atoms with Gasteiger partial charge in [-0.25, -0.2) is 13.6 Å². The number of aryl methyl sites for hydroxylation is 1. The highest BCUT2D eigenvalue weighted by atomic mass is 32.2. The van der Waals surface area contributed by atoms with Crippen LogP contribution in [0.4, 0.5) is 0 Å². The average molecular weight is 333 g/mol. The van der Waals surface area contributed by atoms with Crippen molar-refractivity contribution in [1.29, 1.82) is 0 Å². The van der Waals surface area contributed by atoms with Gasteiger partial charge in [0.2, 0.25) is 10.0 Å². The fraction of sp³-hybridized carbons (Fsp3) is 0.235. The molecule has 0 saturated carbocycles. The Kier molecular flexibility index (Phi) is 5.52. The Labute approximate surface area is 136 Å². The smallest absolute Gasteiger partial charge is 0.306 e. The molecule has 0 radical (unpaired) electrons. The molecule has 5 nitrogen and oxygen atoms in total. The number of carbonyl (C=O) groups is 1. The van der Waals surface area contributed by atoms with Crippen LogP contribution in [-0.4, -0.2) is 14.4 Å². The van der Waals surface area contributed by atoms with Crippen LogP contribution >= 0.6 is 0 Å². The van der Waals surface area contributed by atoms with Gasteiger partial charge in [0.1, 0.15) is 6.10 Å². The Morgan fingerprint density at radius 2 is 1.70 bits per heavy atom. The Morgan fingerprint density at radius 1 is 1.09 bits per heavy atom. The molecule has 0 amide bonds. The predicted octanol–water partition coefficient (Wildman–Crippen LogP) is 2.57. The van der Waals surface area contributed by atoms with E-state index in [1.54, 1.807) is 12.1 Å². The predicted molar refractivity (Wildman–Crippen MR) is 87.1 cm³/mol. The van der Waals surface area contributed by atoms with Crippen molar-refractivity contribution in [3.8, 4) is 0 Å². The van der Waals surface area contributed by atoms with E-state index in [9.17, 15) is 13.2 Å². The van der Waals surface area contributed by atoms with Gasteiger partial charge in [0.15, 0.2) is 0 Å². The van der Waals surface area contributed by atoms with Crippen LogP contribution in [-0.2, 0) is 26.0 Å². The third-order valence-electron chi connectivity index (χ3n) is 3.45. The van der Waals surface area contributed by atoms with E-state index in [1.165, 1.54) is 12.1 Å². The second-order valence-corrected chi connectivity index (χ2v) is 6.79. The minimum Gasteiger partial charge on any atom is -0.458 e. The van der Waals surface area contributed by atoms with Crippen molar-refractivity contribution in [1.82, 2.24) is 0 Å². The second-order valence-electron chi connectivity index (χ2n) is 5.23. The third kappa shape index (κ3) is 5.19. The van der Waals surface area contributed by atoms with E-state index in [4.69, 9.17) is 9.88 Å². The van der Waals surface area contributed by atoms with Crippen molar-refractivity contribution in [3.05, 3.63) is 65.7 Å². The minimum atomic E-state index is -3.69. The maximum atomic E-state index is 11.9. The molecule has 2 N–H and O–H groups in total. The molecule has 2 rings (SSSR count). The first-order valence-corrected chi connectivity index (χ1v) is 8.77. The maximum absolute atomic E-state index is 11.9. The van der Waals surface area contributed by atoms with E-state index in [0.717, 1.165) is 11.1 Å². The number of nitrogens with two attached hydrogens (primary N) is 1. The van der Waals surface area contributed by atoms with E-state index in [1.807, 2.05) is 37.3 Å². The van der Waals surface area contributed by atoms with Crippen molar-refractivity contribution in [2.45, 2.75) is 30.8 Å². The molecule has 0 aromatic heterocycles. The third-order valence-corrected chi connectivity index (χ3v) is 4.38. The molecule has 2 aromatic carbocycles. The molecule has 0 bridgehead atoms. The Balaban J connectivity index is 1.87. The van der Waals surface area contributed by atoms with E-state index >= 15 is 0 Å². The van der Waals surface area contributed by atoms with Gasteiger partial charge in [-0.1, -0.05) is 42.5 Å². The molecule has 0 saturated heterocycles. The number of sulfonamides is 1. The van der Waals surface area contributed by atoms with Crippen molar-refractivity contribution < 1.29 is 17.9 Å². The molecule has 122 valence electrons. The highest BCUT2D eigenvalue weighted by Gasteiger charge is 2.12. The number of benzene rings is 2. The lowest BCUT2D eigenvalue weighted by atomic mass is 10.1. The summed E-state index contributed by atoms with van der Waals surface area (Å²) >= 11 is 0. The summed E-state index contributed by atoms with van der Waals surface area (Å²) in [7, 11) is -3.69. The lowest BCUT2D eigenvalue weighted by Gasteiger charge is -2.13. The van der Waals surface area contributed by atoms with Gasteiger partial charge in [-0.05, 0) is 36.6 Å². The zero-order chi connectivity index (χ0) is 16.9. The van der Waals surface area contributed by atoms with Crippen LogP contribution in [0.3, 0.4) is 0 Å². The SMILES string of the molecule is CC(OC(=O)CCc1ccc(S(N)(=O)=O)cc1)c1ccccc1. The van der Waals surface area contributed by atoms with Gasteiger partial charge in [0, 0.05) is 6.42 Å². The van der Waals surface area contributed by atoms with Crippen molar-refractivity contribution in [3.63, 3.8) is 0 Å². The molecule has 0 spiro atoms. The van der Waals surface area contributed by atoms with Gasteiger partial charge in [0.05, 0.1) is 4.90 Å². The molecule has 6 heteroatoms. The first kappa shape index (κ1) is 17.2. The van der Waals surface area contributed by atoms with E-state index in [-0.39, 0.29) is 23.4 Å². The van der Waals surface area contributed by atoms with Crippen LogP contribution < -0.4 is 5.14 Å². The number of ether oxygens (including phenoxy) is 1.